The number of carbonyl (C=O) groups excluding carboxylic acids is 1. The molecule has 2 N–H and O–H groups in total. The van der Waals surface area contributed by atoms with Crippen LogP contribution in [0.2, 0.25) is 0 Å². The van der Waals surface area contributed by atoms with Crippen molar-refractivity contribution in [2.45, 2.75) is 19.4 Å². The SMILES string of the molecule is CC(C)(Oc1ccc(N=O)cc1)C(N)=O. The third kappa shape index (κ3) is 2.77. The zero-order valence-electron chi connectivity index (χ0n) is 8.56. The van der Waals surface area contributed by atoms with Gasteiger partial charge in [-0.15, -0.1) is 4.91 Å². The van der Waals surface area contributed by atoms with Crippen molar-refractivity contribution in [3.63, 3.8) is 0 Å². The molecule has 15 heavy (non-hydrogen) atoms. The summed E-state index contributed by atoms with van der Waals surface area (Å²) < 4.78 is 5.34. The quantitative estimate of drug-likeness (QED) is 0.765. The van der Waals surface area contributed by atoms with Crippen molar-refractivity contribution < 1.29 is 9.53 Å². The third-order valence-electron chi connectivity index (χ3n) is 1.91. The highest BCUT2D eigenvalue weighted by atomic mass is 16.5. The monoisotopic (exact) mass is 208 g/mol. The minimum atomic E-state index is -1.07. The van der Waals surface area contributed by atoms with Crippen molar-refractivity contribution in [2.24, 2.45) is 10.9 Å². The Hall–Kier alpha value is -1.91. The summed E-state index contributed by atoms with van der Waals surface area (Å²) in [5, 5.41) is 2.75. The molecule has 1 aromatic carbocycles. The Morgan fingerprint density at radius 2 is 1.87 bits per heavy atom. The second kappa shape index (κ2) is 4.08. The van der Waals surface area contributed by atoms with Crippen LogP contribution < -0.4 is 10.5 Å². The van der Waals surface area contributed by atoms with Crippen LogP contribution in [0, 0.1) is 4.91 Å². The van der Waals surface area contributed by atoms with E-state index in [1.807, 2.05) is 0 Å². The van der Waals surface area contributed by atoms with Gasteiger partial charge in [0.2, 0.25) is 0 Å². The lowest BCUT2D eigenvalue weighted by molar-refractivity contribution is -0.130. The van der Waals surface area contributed by atoms with Gasteiger partial charge >= 0.3 is 0 Å². The minimum Gasteiger partial charge on any atom is -0.478 e. The molecule has 0 aliphatic carbocycles. The fraction of sp³-hybridized carbons (Fsp3) is 0.300. The second-order valence-corrected chi connectivity index (χ2v) is 3.56. The molecule has 80 valence electrons. The number of nitrogens with zero attached hydrogens (tertiary/aromatic N) is 1. The van der Waals surface area contributed by atoms with Gasteiger partial charge in [-0.3, -0.25) is 4.79 Å². The summed E-state index contributed by atoms with van der Waals surface area (Å²) in [4.78, 5) is 21.1. The predicted molar refractivity (Wildman–Crippen MR) is 55.8 cm³/mol. The standard InChI is InChI=1S/C10H12N2O3/c1-10(2,9(11)13)15-8-5-3-7(12-14)4-6-8/h3-6H,1-2H3,(H2,11,13). The van der Waals surface area contributed by atoms with Gasteiger partial charge in [0.05, 0.1) is 0 Å². The van der Waals surface area contributed by atoms with Crippen LogP contribution >= 0.6 is 0 Å². The molecular formula is C10H12N2O3. The summed E-state index contributed by atoms with van der Waals surface area (Å²) in [5.41, 5.74) is 4.37. The first kappa shape index (κ1) is 11.2. The van der Waals surface area contributed by atoms with Crippen LogP contribution in [-0.4, -0.2) is 11.5 Å². The maximum atomic E-state index is 11.0. The van der Waals surface area contributed by atoms with Crippen molar-refractivity contribution in [1.82, 2.24) is 0 Å². The van der Waals surface area contributed by atoms with Crippen LogP contribution in [0.15, 0.2) is 29.4 Å². The summed E-state index contributed by atoms with van der Waals surface area (Å²) in [6.45, 7) is 3.14. The first-order chi connectivity index (χ1) is 6.95. The number of rotatable bonds is 4. The van der Waals surface area contributed by atoms with Crippen LogP contribution in [0.25, 0.3) is 0 Å². The smallest absolute Gasteiger partial charge is 0.261 e. The molecule has 0 radical (unpaired) electrons. The molecule has 0 bridgehead atoms. The summed E-state index contributed by atoms with van der Waals surface area (Å²) in [7, 11) is 0. The van der Waals surface area contributed by atoms with Gasteiger partial charge in [0, 0.05) is 0 Å². The van der Waals surface area contributed by atoms with Crippen molar-refractivity contribution in [1.29, 1.82) is 0 Å². The summed E-state index contributed by atoms with van der Waals surface area (Å²) in [6, 6.07) is 6.11. The first-order valence-corrected chi connectivity index (χ1v) is 4.38. The Balaban J connectivity index is 2.81. The van der Waals surface area contributed by atoms with E-state index in [4.69, 9.17) is 10.5 Å². The number of benzene rings is 1. The third-order valence-corrected chi connectivity index (χ3v) is 1.91. The molecule has 1 amide bonds. The van der Waals surface area contributed by atoms with Crippen molar-refractivity contribution >= 4 is 11.6 Å². The number of hydrogen-bond donors (Lipinski definition) is 1. The zero-order chi connectivity index (χ0) is 11.5. The minimum absolute atomic E-state index is 0.305. The molecule has 0 saturated carbocycles. The first-order valence-electron chi connectivity index (χ1n) is 4.38. The number of carbonyl (C=O) groups is 1. The number of amides is 1. The maximum Gasteiger partial charge on any atom is 0.261 e. The van der Waals surface area contributed by atoms with E-state index in [1.54, 1.807) is 26.0 Å². The molecule has 0 atom stereocenters. The van der Waals surface area contributed by atoms with E-state index in [9.17, 15) is 9.70 Å². The molecule has 0 heterocycles. The van der Waals surface area contributed by atoms with Gasteiger partial charge in [0.1, 0.15) is 11.4 Å². The van der Waals surface area contributed by atoms with Crippen LogP contribution in [0.1, 0.15) is 13.8 Å². The Bertz CT molecular complexity index is 371. The Morgan fingerprint density at radius 1 is 1.33 bits per heavy atom. The van der Waals surface area contributed by atoms with Crippen LogP contribution in [0.4, 0.5) is 5.69 Å². The second-order valence-electron chi connectivity index (χ2n) is 3.56. The summed E-state index contributed by atoms with van der Waals surface area (Å²) in [5.74, 6) is -0.0914. The van der Waals surface area contributed by atoms with E-state index in [0.717, 1.165) is 0 Å². The number of nitrogens with two attached hydrogens (primary N) is 1. The lowest BCUT2D eigenvalue weighted by atomic mass is 10.1. The molecule has 0 unspecified atom stereocenters. The summed E-state index contributed by atoms with van der Waals surface area (Å²) in [6.07, 6.45) is 0. The molecule has 0 fully saturated rings. The fourth-order valence-electron chi connectivity index (χ4n) is 0.920. The Labute approximate surface area is 87.2 Å². The summed E-state index contributed by atoms with van der Waals surface area (Å²) >= 11 is 0. The van der Waals surface area contributed by atoms with Crippen molar-refractivity contribution in [2.75, 3.05) is 0 Å². The van der Waals surface area contributed by atoms with Gasteiger partial charge < -0.3 is 10.5 Å². The lowest BCUT2D eigenvalue weighted by Crippen LogP contribution is -2.43. The normalized spacial score (nSPS) is 10.8. The zero-order valence-corrected chi connectivity index (χ0v) is 8.56. The van der Waals surface area contributed by atoms with Crippen molar-refractivity contribution in [3.05, 3.63) is 29.2 Å². The highest BCUT2D eigenvalue weighted by Crippen LogP contribution is 2.21. The average Bonchev–Trinajstić information content (AvgIpc) is 2.18. The number of nitroso groups, excluding NO2 is 1. The predicted octanol–water partition coefficient (Wildman–Crippen LogP) is 1.73. The van der Waals surface area contributed by atoms with Crippen LogP contribution in [-0.2, 0) is 4.79 Å². The lowest BCUT2D eigenvalue weighted by Gasteiger charge is -2.22. The van der Waals surface area contributed by atoms with Gasteiger partial charge in [-0.05, 0) is 43.3 Å². The molecule has 1 aromatic rings. The molecule has 1 rings (SSSR count). The topological polar surface area (TPSA) is 81.8 Å². The Kier molecular flexibility index (Phi) is 3.04. The molecule has 0 spiro atoms. The highest BCUT2D eigenvalue weighted by molar-refractivity contribution is 5.82. The van der Waals surface area contributed by atoms with E-state index >= 15 is 0 Å². The highest BCUT2D eigenvalue weighted by Gasteiger charge is 2.26. The van der Waals surface area contributed by atoms with Crippen LogP contribution in [0.5, 0.6) is 5.75 Å². The molecule has 0 saturated heterocycles. The van der Waals surface area contributed by atoms with Gasteiger partial charge in [-0.1, -0.05) is 0 Å². The number of primary amides is 1. The van der Waals surface area contributed by atoms with Crippen molar-refractivity contribution in [3.8, 4) is 5.75 Å². The van der Waals surface area contributed by atoms with Gasteiger partial charge in [0.15, 0.2) is 5.60 Å². The fourth-order valence-corrected chi connectivity index (χ4v) is 0.920. The van der Waals surface area contributed by atoms with Gasteiger partial charge in [-0.2, -0.15) is 0 Å². The molecule has 5 heteroatoms. The molecular weight excluding hydrogens is 196 g/mol. The number of ether oxygens (including phenoxy) is 1. The van der Waals surface area contributed by atoms with E-state index < -0.39 is 11.5 Å². The molecule has 5 nitrogen and oxygen atoms in total. The molecule has 0 aromatic heterocycles. The molecule has 0 aliphatic heterocycles. The number of hydrogen-bond acceptors (Lipinski definition) is 4. The largest absolute Gasteiger partial charge is 0.478 e. The van der Waals surface area contributed by atoms with E-state index in [-0.39, 0.29) is 0 Å². The average molecular weight is 208 g/mol. The molecule has 0 aliphatic rings. The van der Waals surface area contributed by atoms with Gasteiger partial charge in [-0.25, -0.2) is 0 Å². The van der Waals surface area contributed by atoms with Gasteiger partial charge in [0.25, 0.3) is 5.91 Å². The maximum absolute atomic E-state index is 11.0. The Morgan fingerprint density at radius 3 is 2.27 bits per heavy atom. The van der Waals surface area contributed by atoms with E-state index in [2.05, 4.69) is 5.18 Å². The van der Waals surface area contributed by atoms with E-state index in [1.165, 1.54) is 12.1 Å². The van der Waals surface area contributed by atoms with Crippen LogP contribution in [0.3, 0.4) is 0 Å². The van der Waals surface area contributed by atoms with E-state index in [0.29, 0.717) is 11.4 Å².